The van der Waals surface area contributed by atoms with E-state index in [4.69, 9.17) is 5.11 Å². The van der Waals surface area contributed by atoms with Gasteiger partial charge in [0.15, 0.2) is 6.10 Å². The minimum atomic E-state index is -4.17. The lowest BCUT2D eigenvalue weighted by molar-refractivity contribution is -0.149. The highest BCUT2D eigenvalue weighted by molar-refractivity contribution is 7.88. The zero-order valence-electron chi connectivity index (χ0n) is 8.59. The van der Waals surface area contributed by atoms with Crippen molar-refractivity contribution in [2.75, 3.05) is 20.8 Å². The number of esters is 1. The van der Waals surface area contributed by atoms with Gasteiger partial charge >= 0.3 is 22.3 Å². The summed E-state index contributed by atoms with van der Waals surface area (Å²) in [6.07, 6.45) is -2.85. The Bertz CT molecular complexity index is 352. The average molecular weight is 256 g/mol. The molecule has 10 heteroatoms. The molecule has 0 aromatic carbocycles. The number of methoxy groups -OCH3 is 2. The molecule has 1 atom stereocenters. The maximum atomic E-state index is 11.0. The van der Waals surface area contributed by atoms with E-state index in [1.54, 1.807) is 4.72 Å². The van der Waals surface area contributed by atoms with Crippen LogP contribution in [0.1, 0.15) is 0 Å². The van der Waals surface area contributed by atoms with Gasteiger partial charge in [0.1, 0.15) is 0 Å². The molecule has 94 valence electrons. The number of nitrogens with one attached hydrogen (secondary N) is 2. The van der Waals surface area contributed by atoms with Gasteiger partial charge in [-0.05, 0) is 0 Å². The lowest BCUT2D eigenvalue weighted by Crippen LogP contribution is -2.44. The fourth-order valence-electron chi connectivity index (χ4n) is 0.595. The van der Waals surface area contributed by atoms with E-state index in [-0.39, 0.29) is 0 Å². The van der Waals surface area contributed by atoms with Crippen LogP contribution in [0.5, 0.6) is 0 Å². The number of carbonyl (C=O) groups is 2. The molecule has 1 unspecified atom stereocenters. The molecule has 0 saturated heterocycles. The van der Waals surface area contributed by atoms with E-state index < -0.39 is 34.9 Å². The van der Waals surface area contributed by atoms with Crippen LogP contribution in [-0.2, 0) is 24.5 Å². The van der Waals surface area contributed by atoms with Crippen LogP contribution in [0.25, 0.3) is 0 Å². The van der Waals surface area contributed by atoms with Crippen molar-refractivity contribution in [1.82, 2.24) is 9.44 Å². The van der Waals surface area contributed by atoms with Gasteiger partial charge in [-0.25, -0.2) is 14.3 Å². The summed E-state index contributed by atoms with van der Waals surface area (Å²) in [7, 11) is -2.16. The molecule has 3 N–H and O–H groups in total. The minimum absolute atomic E-state index is 0.626. The van der Waals surface area contributed by atoms with Gasteiger partial charge in [-0.15, -0.1) is 0 Å². The van der Waals surface area contributed by atoms with Crippen molar-refractivity contribution in [2.45, 2.75) is 6.10 Å². The third kappa shape index (κ3) is 5.48. The molecule has 0 aromatic rings. The fourth-order valence-corrected chi connectivity index (χ4v) is 1.35. The first-order chi connectivity index (χ1) is 7.32. The molecule has 0 heterocycles. The number of rotatable bonds is 5. The lowest BCUT2D eigenvalue weighted by Gasteiger charge is -2.10. The van der Waals surface area contributed by atoms with E-state index in [0.29, 0.717) is 0 Å². The van der Waals surface area contributed by atoms with Crippen LogP contribution in [0.15, 0.2) is 0 Å². The highest BCUT2D eigenvalue weighted by Crippen LogP contribution is 1.87. The predicted molar refractivity (Wildman–Crippen MR) is 50.5 cm³/mol. The molecule has 0 aliphatic rings. The summed E-state index contributed by atoms with van der Waals surface area (Å²) in [6.45, 7) is -0.626. The molecular formula is C6H12N2O7S. The van der Waals surface area contributed by atoms with Crippen molar-refractivity contribution in [3.8, 4) is 0 Å². The van der Waals surface area contributed by atoms with E-state index in [9.17, 15) is 18.0 Å². The summed E-state index contributed by atoms with van der Waals surface area (Å²) in [6, 6.07) is 0. The SMILES string of the molecule is COC(=O)NS(=O)(=O)NCC(O)C(=O)OC. The number of carbonyl (C=O) groups excluding carboxylic acids is 2. The Morgan fingerprint density at radius 1 is 1.31 bits per heavy atom. The highest BCUT2D eigenvalue weighted by Gasteiger charge is 2.20. The van der Waals surface area contributed by atoms with Gasteiger partial charge in [-0.3, -0.25) is 0 Å². The Balaban J connectivity index is 4.19. The summed E-state index contributed by atoms with van der Waals surface area (Å²) in [5.41, 5.74) is 0. The zero-order chi connectivity index (χ0) is 12.8. The van der Waals surface area contributed by atoms with Crippen molar-refractivity contribution in [1.29, 1.82) is 0 Å². The maximum absolute atomic E-state index is 11.0. The molecule has 0 rings (SSSR count). The Hall–Kier alpha value is -1.39. The van der Waals surface area contributed by atoms with Gasteiger partial charge in [0.05, 0.1) is 14.2 Å². The summed E-state index contributed by atoms with van der Waals surface area (Å²) < 4.78 is 33.4. The summed E-state index contributed by atoms with van der Waals surface area (Å²) in [4.78, 5) is 21.2. The molecule has 1 amide bonds. The first-order valence-electron chi connectivity index (χ1n) is 3.93. The number of aliphatic hydroxyl groups excluding tert-OH is 1. The van der Waals surface area contributed by atoms with Gasteiger partial charge in [0, 0.05) is 6.54 Å². The average Bonchev–Trinajstić information content (AvgIpc) is 2.24. The van der Waals surface area contributed by atoms with Crippen LogP contribution in [0, 0.1) is 0 Å². The van der Waals surface area contributed by atoms with Crippen molar-refractivity contribution in [3.63, 3.8) is 0 Å². The molecule has 9 nitrogen and oxygen atoms in total. The van der Waals surface area contributed by atoms with E-state index in [1.165, 1.54) is 4.72 Å². The highest BCUT2D eigenvalue weighted by atomic mass is 32.2. The molecule has 0 aliphatic heterocycles. The van der Waals surface area contributed by atoms with Crippen molar-refractivity contribution < 1.29 is 32.6 Å². The molecule has 0 fully saturated rings. The second kappa shape index (κ2) is 6.25. The quantitative estimate of drug-likeness (QED) is 0.472. The van der Waals surface area contributed by atoms with Crippen LogP contribution < -0.4 is 9.44 Å². The lowest BCUT2D eigenvalue weighted by atomic mass is 10.4. The monoisotopic (exact) mass is 256 g/mol. The van der Waals surface area contributed by atoms with Crippen molar-refractivity contribution in [3.05, 3.63) is 0 Å². The number of aliphatic hydroxyl groups is 1. The summed E-state index contributed by atoms with van der Waals surface area (Å²) in [5, 5.41) is 9.03. The standard InChI is InChI=1S/C6H12N2O7S/c1-14-5(10)4(9)3-7-16(12,13)8-6(11)15-2/h4,7,9H,3H2,1-2H3,(H,8,11). The largest absolute Gasteiger partial charge is 0.467 e. The van der Waals surface area contributed by atoms with Gasteiger partial charge < -0.3 is 14.6 Å². The van der Waals surface area contributed by atoms with E-state index >= 15 is 0 Å². The van der Waals surface area contributed by atoms with E-state index in [0.717, 1.165) is 14.2 Å². The van der Waals surface area contributed by atoms with E-state index in [2.05, 4.69) is 9.47 Å². The van der Waals surface area contributed by atoms with E-state index in [1.807, 2.05) is 0 Å². The van der Waals surface area contributed by atoms with Crippen LogP contribution >= 0.6 is 0 Å². The molecule has 0 aromatic heterocycles. The Labute approximate surface area is 91.9 Å². The van der Waals surface area contributed by atoms with Gasteiger partial charge in [-0.1, -0.05) is 0 Å². The first-order valence-corrected chi connectivity index (χ1v) is 5.42. The number of amides is 1. The van der Waals surface area contributed by atoms with Gasteiger partial charge in [0.2, 0.25) is 0 Å². The third-order valence-corrected chi connectivity index (χ3v) is 2.33. The third-order valence-electron chi connectivity index (χ3n) is 1.34. The molecule has 0 aliphatic carbocycles. The van der Waals surface area contributed by atoms with Crippen LogP contribution in [0.3, 0.4) is 0 Å². The first kappa shape index (κ1) is 14.6. The Morgan fingerprint density at radius 3 is 2.31 bits per heavy atom. The molecule has 16 heavy (non-hydrogen) atoms. The van der Waals surface area contributed by atoms with Crippen molar-refractivity contribution >= 4 is 22.3 Å². The van der Waals surface area contributed by atoms with Gasteiger partial charge in [-0.2, -0.15) is 13.1 Å². The predicted octanol–water partition coefficient (Wildman–Crippen LogP) is -2.29. The molecular weight excluding hydrogens is 244 g/mol. The number of ether oxygens (including phenoxy) is 2. The molecule has 0 spiro atoms. The van der Waals surface area contributed by atoms with Crippen LogP contribution in [0.4, 0.5) is 4.79 Å². The normalized spacial score (nSPS) is 12.7. The zero-order valence-corrected chi connectivity index (χ0v) is 9.41. The minimum Gasteiger partial charge on any atom is -0.467 e. The Morgan fingerprint density at radius 2 is 1.88 bits per heavy atom. The Kier molecular flexibility index (Phi) is 5.71. The second-order valence-corrected chi connectivity index (χ2v) is 3.98. The fraction of sp³-hybridized carbons (Fsp3) is 0.667. The summed E-state index contributed by atoms with van der Waals surface area (Å²) >= 11 is 0. The smallest absolute Gasteiger partial charge is 0.421 e. The number of hydrogen-bond donors (Lipinski definition) is 3. The molecule has 0 bridgehead atoms. The maximum Gasteiger partial charge on any atom is 0.421 e. The van der Waals surface area contributed by atoms with Crippen LogP contribution in [0.2, 0.25) is 0 Å². The second-order valence-electron chi connectivity index (χ2n) is 2.48. The molecule has 0 saturated carbocycles. The van der Waals surface area contributed by atoms with Crippen molar-refractivity contribution in [2.24, 2.45) is 0 Å². The van der Waals surface area contributed by atoms with Crippen LogP contribution in [-0.4, -0.2) is 52.5 Å². The molecule has 0 radical (unpaired) electrons. The summed E-state index contributed by atoms with van der Waals surface area (Å²) in [5.74, 6) is -0.999. The number of hydrogen-bond acceptors (Lipinski definition) is 7. The van der Waals surface area contributed by atoms with Gasteiger partial charge in [0.25, 0.3) is 0 Å². The topological polar surface area (TPSA) is 131 Å².